The molecule has 0 aliphatic carbocycles. The SMILES string of the molecule is COc1ccc(C(=O)OCC(=O)NCCOc2ccc(Cl)cc2)c(F)c1. The first-order chi connectivity index (χ1) is 12.5. The van der Waals surface area contributed by atoms with Crippen molar-refractivity contribution in [3.8, 4) is 11.5 Å². The second-order valence-corrected chi connectivity index (χ2v) is 5.51. The van der Waals surface area contributed by atoms with Crippen LogP contribution >= 0.6 is 11.6 Å². The van der Waals surface area contributed by atoms with Gasteiger partial charge in [0.05, 0.1) is 19.2 Å². The van der Waals surface area contributed by atoms with Gasteiger partial charge in [0.25, 0.3) is 5.91 Å². The van der Waals surface area contributed by atoms with Crippen molar-refractivity contribution in [2.75, 3.05) is 26.9 Å². The number of carbonyl (C=O) groups excluding carboxylic acids is 2. The average molecular weight is 382 g/mol. The van der Waals surface area contributed by atoms with Gasteiger partial charge in [-0.1, -0.05) is 11.6 Å². The number of methoxy groups -OCH3 is 1. The highest BCUT2D eigenvalue weighted by atomic mass is 35.5. The highest BCUT2D eigenvalue weighted by Gasteiger charge is 2.15. The predicted molar refractivity (Wildman–Crippen MR) is 93.2 cm³/mol. The minimum atomic E-state index is -0.933. The molecule has 0 aliphatic heterocycles. The number of amides is 1. The summed E-state index contributed by atoms with van der Waals surface area (Å²) in [5.74, 6) is -1.35. The van der Waals surface area contributed by atoms with Crippen molar-refractivity contribution in [3.63, 3.8) is 0 Å². The van der Waals surface area contributed by atoms with Gasteiger partial charge in [-0.25, -0.2) is 9.18 Å². The van der Waals surface area contributed by atoms with Crippen LogP contribution in [-0.4, -0.2) is 38.7 Å². The van der Waals surface area contributed by atoms with Crippen LogP contribution in [0.5, 0.6) is 11.5 Å². The van der Waals surface area contributed by atoms with E-state index in [2.05, 4.69) is 5.32 Å². The zero-order valence-electron chi connectivity index (χ0n) is 14.0. The van der Waals surface area contributed by atoms with Gasteiger partial charge in [-0.15, -0.1) is 0 Å². The zero-order chi connectivity index (χ0) is 18.9. The van der Waals surface area contributed by atoms with E-state index in [1.165, 1.54) is 19.2 Å². The number of halogens is 2. The molecule has 1 amide bonds. The summed E-state index contributed by atoms with van der Waals surface area (Å²) in [4.78, 5) is 23.4. The molecule has 0 bridgehead atoms. The second kappa shape index (κ2) is 9.62. The topological polar surface area (TPSA) is 73.9 Å². The van der Waals surface area contributed by atoms with E-state index in [0.717, 1.165) is 6.07 Å². The fraction of sp³-hybridized carbons (Fsp3) is 0.222. The molecule has 0 aromatic heterocycles. The summed E-state index contributed by atoms with van der Waals surface area (Å²) in [7, 11) is 1.38. The first-order valence-electron chi connectivity index (χ1n) is 7.65. The fourth-order valence-electron chi connectivity index (χ4n) is 1.94. The lowest BCUT2D eigenvalue weighted by Crippen LogP contribution is -2.32. The molecule has 0 fully saturated rings. The molecule has 138 valence electrons. The molecule has 26 heavy (non-hydrogen) atoms. The zero-order valence-corrected chi connectivity index (χ0v) is 14.7. The van der Waals surface area contributed by atoms with E-state index in [-0.39, 0.29) is 24.5 Å². The van der Waals surface area contributed by atoms with Gasteiger partial charge in [0.1, 0.15) is 23.9 Å². The molecule has 2 rings (SSSR count). The van der Waals surface area contributed by atoms with Crippen molar-refractivity contribution >= 4 is 23.5 Å². The number of esters is 1. The van der Waals surface area contributed by atoms with Gasteiger partial charge in [-0.05, 0) is 36.4 Å². The van der Waals surface area contributed by atoms with Crippen molar-refractivity contribution in [3.05, 3.63) is 58.9 Å². The number of hydrogen-bond donors (Lipinski definition) is 1. The Bertz CT molecular complexity index is 767. The van der Waals surface area contributed by atoms with Crippen LogP contribution in [-0.2, 0) is 9.53 Å². The molecule has 6 nitrogen and oxygen atoms in total. The van der Waals surface area contributed by atoms with Crippen LogP contribution in [0.2, 0.25) is 5.02 Å². The molecule has 2 aromatic carbocycles. The van der Waals surface area contributed by atoms with Gasteiger partial charge < -0.3 is 19.5 Å². The fourth-order valence-corrected chi connectivity index (χ4v) is 2.06. The molecule has 0 heterocycles. The number of rotatable bonds is 8. The van der Waals surface area contributed by atoms with E-state index in [4.69, 9.17) is 25.8 Å². The third kappa shape index (κ3) is 5.93. The largest absolute Gasteiger partial charge is 0.497 e. The summed E-state index contributed by atoms with van der Waals surface area (Å²) in [6.45, 7) is -0.0738. The van der Waals surface area contributed by atoms with Gasteiger partial charge in [-0.2, -0.15) is 0 Å². The number of carbonyl (C=O) groups is 2. The normalized spacial score (nSPS) is 10.1. The minimum Gasteiger partial charge on any atom is -0.497 e. The minimum absolute atomic E-state index is 0.218. The molecule has 2 aromatic rings. The Kier molecular flexibility index (Phi) is 7.23. The summed E-state index contributed by atoms with van der Waals surface area (Å²) in [6.07, 6.45) is 0. The van der Waals surface area contributed by atoms with E-state index in [1.54, 1.807) is 24.3 Å². The molecule has 0 atom stereocenters. The molecule has 1 N–H and O–H groups in total. The van der Waals surface area contributed by atoms with Gasteiger partial charge >= 0.3 is 5.97 Å². The first kappa shape index (κ1) is 19.5. The second-order valence-electron chi connectivity index (χ2n) is 5.07. The third-order valence-corrected chi connectivity index (χ3v) is 3.49. The van der Waals surface area contributed by atoms with Crippen LogP contribution in [0, 0.1) is 5.82 Å². The van der Waals surface area contributed by atoms with Crippen LogP contribution in [0.15, 0.2) is 42.5 Å². The standard InChI is InChI=1S/C18H17ClFNO5/c1-24-14-6-7-15(16(20)10-14)18(23)26-11-17(22)21-8-9-25-13-4-2-12(19)3-5-13/h2-7,10H,8-9,11H2,1H3,(H,21,22). The van der Waals surface area contributed by atoms with Crippen LogP contribution < -0.4 is 14.8 Å². The predicted octanol–water partition coefficient (Wildman–Crippen LogP) is 2.84. The summed E-state index contributed by atoms with van der Waals surface area (Å²) in [5.41, 5.74) is -0.273. The van der Waals surface area contributed by atoms with Crippen molar-refractivity contribution in [2.45, 2.75) is 0 Å². The Labute approximate surface area is 154 Å². The molecular formula is C18H17ClFNO5. The third-order valence-electron chi connectivity index (χ3n) is 3.24. The molecule has 0 saturated heterocycles. The number of hydrogen-bond acceptors (Lipinski definition) is 5. The lowest BCUT2D eigenvalue weighted by atomic mass is 10.2. The summed E-state index contributed by atoms with van der Waals surface area (Å²) in [6, 6.07) is 10.5. The Balaban J connectivity index is 1.69. The lowest BCUT2D eigenvalue weighted by Gasteiger charge is -2.09. The van der Waals surface area contributed by atoms with E-state index in [0.29, 0.717) is 10.8 Å². The van der Waals surface area contributed by atoms with Crippen molar-refractivity contribution in [2.24, 2.45) is 0 Å². The maximum absolute atomic E-state index is 13.7. The van der Waals surface area contributed by atoms with Gasteiger partial charge in [-0.3, -0.25) is 4.79 Å². The Hall–Kier alpha value is -2.80. The average Bonchev–Trinajstić information content (AvgIpc) is 2.64. The van der Waals surface area contributed by atoms with Gasteiger partial charge in [0.15, 0.2) is 6.61 Å². The van der Waals surface area contributed by atoms with Gasteiger partial charge in [0, 0.05) is 11.1 Å². The Morgan fingerprint density at radius 3 is 2.46 bits per heavy atom. The van der Waals surface area contributed by atoms with Crippen LogP contribution in [0.4, 0.5) is 4.39 Å². The maximum atomic E-state index is 13.7. The molecule has 0 unspecified atom stereocenters. The van der Waals surface area contributed by atoms with Gasteiger partial charge in [0.2, 0.25) is 0 Å². The van der Waals surface area contributed by atoms with E-state index in [1.807, 2.05) is 0 Å². The summed E-state index contributed by atoms with van der Waals surface area (Å²) >= 11 is 5.76. The highest BCUT2D eigenvalue weighted by molar-refractivity contribution is 6.30. The Morgan fingerprint density at radius 1 is 1.12 bits per heavy atom. The maximum Gasteiger partial charge on any atom is 0.341 e. The van der Waals surface area contributed by atoms with E-state index >= 15 is 0 Å². The summed E-state index contributed by atoms with van der Waals surface area (Å²) in [5, 5.41) is 3.12. The smallest absolute Gasteiger partial charge is 0.341 e. The molecular weight excluding hydrogens is 365 g/mol. The number of nitrogens with one attached hydrogen (secondary N) is 1. The molecule has 0 saturated carbocycles. The van der Waals surface area contributed by atoms with Crippen molar-refractivity contribution < 1.29 is 28.2 Å². The molecule has 0 spiro atoms. The monoisotopic (exact) mass is 381 g/mol. The lowest BCUT2D eigenvalue weighted by molar-refractivity contribution is -0.124. The van der Waals surface area contributed by atoms with Crippen molar-refractivity contribution in [1.82, 2.24) is 5.32 Å². The van der Waals surface area contributed by atoms with Crippen molar-refractivity contribution in [1.29, 1.82) is 0 Å². The van der Waals surface area contributed by atoms with Crippen LogP contribution in [0.1, 0.15) is 10.4 Å². The highest BCUT2D eigenvalue weighted by Crippen LogP contribution is 2.17. The quantitative estimate of drug-likeness (QED) is 0.562. The number of ether oxygens (including phenoxy) is 3. The number of benzene rings is 2. The van der Waals surface area contributed by atoms with Crippen LogP contribution in [0.3, 0.4) is 0 Å². The summed E-state index contributed by atoms with van der Waals surface area (Å²) < 4.78 is 28.8. The van der Waals surface area contributed by atoms with Crippen LogP contribution in [0.25, 0.3) is 0 Å². The molecule has 8 heteroatoms. The molecule has 0 radical (unpaired) electrons. The first-order valence-corrected chi connectivity index (χ1v) is 8.03. The molecule has 0 aliphatic rings. The van der Waals surface area contributed by atoms with E-state index < -0.39 is 24.3 Å². The van der Waals surface area contributed by atoms with E-state index in [9.17, 15) is 14.0 Å². The Morgan fingerprint density at radius 2 is 1.81 bits per heavy atom.